The standard InChI is InChI=1S/C14H14Br2OS/c1-8-6-11(9(2)18-8)14(16)10-4-5-13(17-3)12(15)7-10/h4-7,14H,1-3H3. The number of hydrogen-bond acceptors (Lipinski definition) is 2. The maximum atomic E-state index is 5.25. The Bertz CT molecular complexity index is 563. The number of rotatable bonds is 3. The van der Waals surface area contributed by atoms with E-state index in [0.29, 0.717) is 0 Å². The van der Waals surface area contributed by atoms with E-state index in [2.05, 4.69) is 63.9 Å². The van der Waals surface area contributed by atoms with E-state index in [4.69, 9.17) is 4.74 Å². The van der Waals surface area contributed by atoms with E-state index in [0.717, 1.165) is 10.2 Å². The predicted molar refractivity (Wildman–Crippen MR) is 85.3 cm³/mol. The molecular weight excluding hydrogens is 376 g/mol. The van der Waals surface area contributed by atoms with Crippen molar-refractivity contribution in [3.05, 3.63) is 49.6 Å². The molecule has 0 aliphatic rings. The van der Waals surface area contributed by atoms with Gasteiger partial charge in [0.15, 0.2) is 0 Å². The van der Waals surface area contributed by atoms with Crippen molar-refractivity contribution in [2.75, 3.05) is 7.11 Å². The van der Waals surface area contributed by atoms with Crippen LogP contribution in [0.5, 0.6) is 5.75 Å². The number of benzene rings is 1. The van der Waals surface area contributed by atoms with Crippen molar-refractivity contribution in [1.82, 2.24) is 0 Å². The summed E-state index contributed by atoms with van der Waals surface area (Å²) in [5, 5.41) is 0. The molecular formula is C14H14Br2OS. The van der Waals surface area contributed by atoms with Gasteiger partial charge in [-0.25, -0.2) is 0 Å². The molecule has 0 aliphatic carbocycles. The van der Waals surface area contributed by atoms with E-state index in [-0.39, 0.29) is 4.83 Å². The fourth-order valence-electron chi connectivity index (χ4n) is 1.92. The Hall–Kier alpha value is -0.320. The van der Waals surface area contributed by atoms with Crippen LogP contribution in [0.1, 0.15) is 25.7 Å². The van der Waals surface area contributed by atoms with Gasteiger partial charge in [-0.05, 0) is 59.1 Å². The van der Waals surface area contributed by atoms with E-state index in [9.17, 15) is 0 Å². The molecule has 1 unspecified atom stereocenters. The molecule has 2 rings (SSSR count). The average Bonchev–Trinajstić information content (AvgIpc) is 2.67. The first-order valence-corrected chi connectivity index (χ1v) is 8.10. The lowest BCUT2D eigenvalue weighted by atomic mass is 10.1. The van der Waals surface area contributed by atoms with E-state index in [1.165, 1.54) is 20.9 Å². The Kier molecular flexibility index (Phi) is 4.51. The molecule has 0 spiro atoms. The lowest BCUT2D eigenvalue weighted by Gasteiger charge is -2.12. The number of ether oxygens (including phenoxy) is 1. The van der Waals surface area contributed by atoms with Crippen LogP contribution in [0.25, 0.3) is 0 Å². The first kappa shape index (κ1) is 14.1. The molecule has 0 aliphatic heterocycles. The molecule has 1 aromatic heterocycles. The van der Waals surface area contributed by atoms with Gasteiger partial charge in [0.25, 0.3) is 0 Å². The highest BCUT2D eigenvalue weighted by atomic mass is 79.9. The van der Waals surface area contributed by atoms with Crippen molar-refractivity contribution in [2.45, 2.75) is 18.7 Å². The fourth-order valence-corrected chi connectivity index (χ4v) is 4.36. The molecule has 0 N–H and O–H groups in total. The molecule has 1 heterocycles. The van der Waals surface area contributed by atoms with Crippen LogP contribution < -0.4 is 4.74 Å². The smallest absolute Gasteiger partial charge is 0.133 e. The SMILES string of the molecule is COc1ccc(C(Br)c2cc(C)sc2C)cc1Br. The quantitative estimate of drug-likeness (QED) is 0.619. The Balaban J connectivity index is 2.37. The lowest BCUT2D eigenvalue weighted by molar-refractivity contribution is 0.412. The summed E-state index contributed by atoms with van der Waals surface area (Å²) in [6, 6.07) is 8.43. The van der Waals surface area contributed by atoms with Crippen molar-refractivity contribution in [2.24, 2.45) is 0 Å². The molecule has 18 heavy (non-hydrogen) atoms. The molecule has 1 atom stereocenters. The van der Waals surface area contributed by atoms with Gasteiger partial charge in [0.2, 0.25) is 0 Å². The Labute approximate surface area is 128 Å². The van der Waals surface area contributed by atoms with Crippen LogP contribution in [-0.4, -0.2) is 7.11 Å². The largest absolute Gasteiger partial charge is 0.496 e. The van der Waals surface area contributed by atoms with Gasteiger partial charge in [-0.1, -0.05) is 22.0 Å². The number of alkyl halides is 1. The van der Waals surface area contributed by atoms with E-state index in [1.54, 1.807) is 7.11 Å². The fraction of sp³-hybridized carbons (Fsp3) is 0.286. The summed E-state index contributed by atoms with van der Waals surface area (Å²) >= 11 is 9.15. The highest BCUT2D eigenvalue weighted by molar-refractivity contribution is 9.10. The van der Waals surface area contributed by atoms with Crippen LogP contribution in [0.15, 0.2) is 28.7 Å². The van der Waals surface area contributed by atoms with E-state index < -0.39 is 0 Å². The van der Waals surface area contributed by atoms with Crippen LogP contribution in [0, 0.1) is 13.8 Å². The average molecular weight is 390 g/mol. The Morgan fingerprint density at radius 2 is 1.94 bits per heavy atom. The summed E-state index contributed by atoms with van der Waals surface area (Å²) < 4.78 is 6.24. The zero-order valence-corrected chi connectivity index (χ0v) is 14.4. The van der Waals surface area contributed by atoms with Gasteiger partial charge in [-0.3, -0.25) is 0 Å². The van der Waals surface area contributed by atoms with Crippen molar-refractivity contribution < 1.29 is 4.74 Å². The monoisotopic (exact) mass is 388 g/mol. The van der Waals surface area contributed by atoms with Gasteiger partial charge >= 0.3 is 0 Å². The highest BCUT2D eigenvalue weighted by Gasteiger charge is 2.16. The van der Waals surface area contributed by atoms with Gasteiger partial charge in [-0.2, -0.15) is 0 Å². The summed E-state index contributed by atoms with van der Waals surface area (Å²) in [6.07, 6.45) is 0. The molecule has 2 aromatic rings. The second-order valence-electron chi connectivity index (χ2n) is 4.13. The van der Waals surface area contributed by atoms with Crippen molar-refractivity contribution >= 4 is 43.2 Å². The molecule has 96 valence electrons. The van der Waals surface area contributed by atoms with Crippen molar-refractivity contribution in [3.8, 4) is 5.75 Å². The normalized spacial score (nSPS) is 12.5. The maximum absolute atomic E-state index is 5.25. The Morgan fingerprint density at radius 3 is 2.44 bits per heavy atom. The van der Waals surface area contributed by atoms with Crippen molar-refractivity contribution in [3.63, 3.8) is 0 Å². The minimum Gasteiger partial charge on any atom is -0.496 e. The second kappa shape index (κ2) is 5.76. The minimum absolute atomic E-state index is 0.227. The summed E-state index contributed by atoms with van der Waals surface area (Å²) in [4.78, 5) is 2.94. The molecule has 0 saturated carbocycles. The molecule has 0 fully saturated rings. The number of aryl methyl sites for hydroxylation is 2. The zero-order chi connectivity index (χ0) is 13.3. The van der Waals surface area contributed by atoms with Crippen LogP contribution >= 0.6 is 43.2 Å². The molecule has 4 heteroatoms. The molecule has 0 amide bonds. The van der Waals surface area contributed by atoms with Crippen LogP contribution in [-0.2, 0) is 0 Å². The molecule has 0 saturated heterocycles. The topological polar surface area (TPSA) is 9.23 Å². The second-order valence-corrected chi connectivity index (χ2v) is 7.36. The van der Waals surface area contributed by atoms with Gasteiger partial charge < -0.3 is 4.74 Å². The third kappa shape index (κ3) is 2.81. The summed E-state index contributed by atoms with van der Waals surface area (Å²) in [7, 11) is 1.68. The van der Waals surface area contributed by atoms with Gasteiger partial charge in [0, 0.05) is 9.75 Å². The first-order chi connectivity index (χ1) is 8.52. The third-order valence-corrected chi connectivity index (χ3v) is 5.44. The third-order valence-electron chi connectivity index (χ3n) is 2.82. The summed E-state index contributed by atoms with van der Waals surface area (Å²) in [5.74, 6) is 0.858. The molecule has 1 nitrogen and oxygen atoms in total. The predicted octanol–water partition coefficient (Wildman–Crippen LogP) is 5.62. The van der Waals surface area contributed by atoms with Gasteiger partial charge in [-0.15, -0.1) is 11.3 Å². The van der Waals surface area contributed by atoms with Gasteiger partial charge in [0.05, 0.1) is 16.4 Å². The van der Waals surface area contributed by atoms with Crippen molar-refractivity contribution in [1.29, 1.82) is 0 Å². The van der Waals surface area contributed by atoms with E-state index in [1.807, 2.05) is 17.4 Å². The first-order valence-electron chi connectivity index (χ1n) is 5.57. The van der Waals surface area contributed by atoms with Crippen LogP contribution in [0.4, 0.5) is 0 Å². The summed E-state index contributed by atoms with van der Waals surface area (Å²) in [5.41, 5.74) is 2.57. The highest BCUT2D eigenvalue weighted by Crippen LogP contribution is 2.38. The maximum Gasteiger partial charge on any atom is 0.133 e. The Morgan fingerprint density at radius 1 is 1.22 bits per heavy atom. The molecule has 0 bridgehead atoms. The van der Waals surface area contributed by atoms with Crippen LogP contribution in [0.2, 0.25) is 0 Å². The van der Waals surface area contributed by atoms with Crippen LogP contribution in [0.3, 0.4) is 0 Å². The number of thiophene rings is 1. The zero-order valence-electron chi connectivity index (χ0n) is 10.5. The molecule has 0 radical (unpaired) electrons. The number of halogens is 2. The van der Waals surface area contributed by atoms with E-state index >= 15 is 0 Å². The molecule has 1 aromatic carbocycles. The number of methoxy groups -OCH3 is 1. The lowest BCUT2D eigenvalue weighted by Crippen LogP contribution is -1.94. The van der Waals surface area contributed by atoms with Gasteiger partial charge in [0.1, 0.15) is 5.75 Å². The minimum atomic E-state index is 0.227. The number of hydrogen-bond donors (Lipinski definition) is 0. The summed E-state index contributed by atoms with van der Waals surface area (Å²) in [6.45, 7) is 4.31.